The average Bonchev–Trinajstić information content (AvgIpc) is 2.68. The van der Waals surface area contributed by atoms with Crippen LogP contribution in [0.1, 0.15) is 29.6 Å². The largest absolute Gasteiger partial charge is 0.366 e. The van der Waals surface area contributed by atoms with Crippen molar-refractivity contribution < 1.29 is 14.6 Å². The molecule has 1 fully saturated rings. The molecule has 3 rings (SSSR count). The minimum absolute atomic E-state index is 0.0555. The van der Waals surface area contributed by atoms with Crippen LogP contribution in [0.15, 0.2) is 42.5 Å². The zero-order valence-corrected chi connectivity index (χ0v) is 14.5. The number of benzene rings is 2. The van der Waals surface area contributed by atoms with Gasteiger partial charge in [0, 0.05) is 18.7 Å². The van der Waals surface area contributed by atoms with Gasteiger partial charge in [0.15, 0.2) is 0 Å². The summed E-state index contributed by atoms with van der Waals surface area (Å²) in [6.07, 6.45) is 2.81. The molecule has 0 saturated carbocycles. The van der Waals surface area contributed by atoms with Gasteiger partial charge in [0.05, 0.1) is 15.9 Å². The van der Waals surface area contributed by atoms with Crippen molar-refractivity contribution in [3.05, 3.63) is 68.3 Å². The summed E-state index contributed by atoms with van der Waals surface area (Å²) in [6, 6.07) is 10.5. The van der Waals surface area contributed by atoms with Crippen LogP contribution in [0.3, 0.4) is 0 Å². The van der Waals surface area contributed by atoms with E-state index in [1.165, 1.54) is 6.07 Å². The first-order valence-corrected chi connectivity index (χ1v) is 8.55. The first-order valence-electron chi connectivity index (χ1n) is 8.55. The quantitative estimate of drug-likeness (QED) is 0.632. The van der Waals surface area contributed by atoms with E-state index in [1.54, 1.807) is 30.3 Å². The third kappa shape index (κ3) is 4.02. The number of nitrogens with zero attached hydrogens (tertiary/aromatic N) is 3. The lowest BCUT2D eigenvalue weighted by Crippen LogP contribution is -2.30. The van der Waals surface area contributed by atoms with E-state index < -0.39 is 21.4 Å². The van der Waals surface area contributed by atoms with Crippen molar-refractivity contribution in [3.63, 3.8) is 0 Å². The van der Waals surface area contributed by atoms with E-state index in [4.69, 9.17) is 0 Å². The van der Waals surface area contributed by atoms with Crippen LogP contribution >= 0.6 is 0 Å². The molecule has 2 aromatic carbocycles. The summed E-state index contributed by atoms with van der Waals surface area (Å²) >= 11 is 0. The predicted molar refractivity (Wildman–Crippen MR) is 100 cm³/mol. The van der Waals surface area contributed by atoms with Crippen molar-refractivity contribution in [1.82, 2.24) is 0 Å². The minimum Gasteiger partial charge on any atom is -0.366 e. The highest BCUT2D eigenvalue weighted by Crippen LogP contribution is 2.39. The molecule has 1 heterocycles. The van der Waals surface area contributed by atoms with E-state index in [2.05, 4.69) is 5.32 Å². The van der Waals surface area contributed by atoms with Gasteiger partial charge in [-0.15, -0.1) is 0 Å². The second-order valence-electron chi connectivity index (χ2n) is 6.24. The lowest BCUT2D eigenvalue weighted by Gasteiger charge is -2.28. The number of carbonyl (C=O) groups is 1. The SMILES string of the molecule is O=C(Nc1cc(N2CCCCC2)c([N+](=O)[O-])cc1[N+](=O)[O-])c1ccccc1. The van der Waals surface area contributed by atoms with Crippen LogP contribution in [0.25, 0.3) is 0 Å². The molecular formula is C18H18N4O5. The molecule has 0 atom stereocenters. The van der Waals surface area contributed by atoms with Gasteiger partial charge in [0.25, 0.3) is 17.3 Å². The topological polar surface area (TPSA) is 119 Å². The Hall–Kier alpha value is -3.49. The third-order valence-electron chi connectivity index (χ3n) is 4.47. The van der Waals surface area contributed by atoms with Gasteiger partial charge >= 0.3 is 0 Å². The number of amides is 1. The first kappa shape index (κ1) is 18.3. The van der Waals surface area contributed by atoms with Crippen LogP contribution in [-0.4, -0.2) is 28.8 Å². The molecule has 0 aliphatic carbocycles. The lowest BCUT2D eigenvalue weighted by atomic mass is 10.1. The molecule has 0 unspecified atom stereocenters. The monoisotopic (exact) mass is 370 g/mol. The molecule has 0 spiro atoms. The molecule has 27 heavy (non-hydrogen) atoms. The van der Waals surface area contributed by atoms with Gasteiger partial charge in [-0.1, -0.05) is 18.2 Å². The number of anilines is 2. The number of piperidine rings is 1. The lowest BCUT2D eigenvalue weighted by molar-refractivity contribution is -0.393. The van der Waals surface area contributed by atoms with E-state index in [9.17, 15) is 25.0 Å². The summed E-state index contributed by atoms with van der Waals surface area (Å²) < 4.78 is 0. The molecule has 9 nitrogen and oxygen atoms in total. The van der Waals surface area contributed by atoms with Gasteiger partial charge in [0.2, 0.25) is 0 Å². The van der Waals surface area contributed by atoms with Crippen LogP contribution in [0.2, 0.25) is 0 Å². The molecule has 1 N–H and O–H groups in total. The number of carbonyl (C=O) groups excluding carboxylic acids is 1. The molecule has 2 aromatic rings. The summed E-state index contributed by atoms with van der Waals surface area (Å²) in [5.41, 5.74) is -0.272. The number of rotatable bonds is 5. The Balaban J connectivity index is 2.04. The Bertz CT molecular complexity index is 879. The van der Waals surface area contributed by atoms with E-state index in [0.717, 1.165) is 25.3 Å². The molecule has 140 valence electrons. The average molecular weight is 370 g/mol. The third-order valence-corrected chi connectivity index (χ3v) is 4.47. The highest BCUT2D eigenvalue weighted by molar-refractivity contribution is 6.06. The molecule has 1 amide bonds. The standard InChI is InChI=1S/C18H18N4O5/c23-18(13-7-3-1-4-8-13)19-14-11-16(20-9-5-2-6-10-20)17(22(26)27)12-15(14)21(24)25/h1,3-4,7-8,11-12H,2,5-6,9-10H2,(H,19,23). The number of nitro groups is 2. The predicted octanol–water partition coefficient (Wildman–Crippen LogP) is 3.75. The fourth-order valence-corrected chi connectivity index (χ4v) is 3.14. The second-order valence-corrected chi connectivity index (χ2v) is 6.24. The highest BCUT2D eigenvalue weighted by Gasteiger charge is 2.29. The Morgan fingerprint density at radius 1 is 0.926 bits per heavy atom. The van der Waals surface area contributed by atoms with Gasteiger partial charge < -0.3 is 10.2 Å². The Morgan fingerprint density at radius 2 is 1.56 bits per heavy atom. The fourth-order valence-electron chi connectivity index (χ4n) is 3.14. The van der Waals surface area contributed by atoms with Gasteiger partial charge in [0.1, 0.15) is 11.4 Å². The molecule has 1 aliphatic heterocycles. The van der Waals surface area contributed by atoms with Crippen molar-refractivity contribution >= 4 is 28.7 Å². The van der Waals surface area contributed by atoms with Crippen LogP contribution in [0, 0.1) is 20.2 Å². The summed E-state index contributed by atoms with van der Waals surface area (Å²) in [7, 11) is 0. The van der Waals surface area contributed by atoms with Crippen LogP contribution in [-0.2, 0) is 0 Å². The number of hydrogen-bond donors (Lipinski definition) is 1. The van der Waals surface area contributed by atoms with Gasteiger partial charge in [-0.2, -0.15) is 0 Å². The molecule has 0 radical (unpaired) electrons. The van der Waals surface area contributed by atoms with Crippen molar-refractivity contribution in [1.29, 1.82) is 0 Å². The van der Waals surface area contributed by atoms with Crippen molar-refractivity contribution in [2.45, 2.75) is 19.3 Å². The zero-order valence-electron chi connectivity index (χ0n) is 14.5. The van der Waals surface area contributed by atoms with E-state index in [-0.39, 0.29) is 17.1 Å². The van der Waals surface area contributed by atoms with E-state index in [1.807, 2.05) is 4.90 Å². The van der Waals surface area contributed by atoms with Gasteiger partial charge in [-0.25, -0.2) is 0 Å². The highest BCUT2D eigenvalue weighted by atomic mass is 16.6. The first-order chi connectivity index (χ1) is 13.0. The molecule has 1 saturated heterocycles. The van der Waals surface area contributed by atoms with Crippen molar-refractivity contribution in [2.75, 3.05) is 23.3 Å². The maximum atomic E-state index is 12.4. The van der Waals surface area contributed by atoms with Gasteiger partial charge in [-0.05, 0) is 37.5 Å². The fraction of sp³-hybridized carbons (Fsp3) is 0.278. The smallest absolute Gasteiger partial charge is 0.299 e. The molecular weight excluding hydrogens is 352 g/mol. The zero-order chi connectivity index (χ0) is 19.4. The number of hydrogen-bond acceptors (Lipinski definition) is 6. The minimum atomic E-state index is -0.729. The Labute approximate surface area is 154 Å². The van der Waals surface area contributed by atoms with Crippen LogP contribution < -0.4 is 10.2 Å². The molecule has 9 heteroatoms. The molecule has 0 bridgehead atoms. The maximum absolute atomic E-state index is 12.4. The van der Waals surface area contributed by atoms with E-state index in [0.29, 0.717) is 18.7 Å². The summed E-state index contributed by atoms with van der Waals surface area (Å²) in [5.74, 6) is -0.517. The second kappa shape index (κ2) is 7.81. The molecule has 1 aliphatic rings. The van der Waals surface area contributed by atoms with Crippen molar-refractivity contribution in [2.24, 2.45) is 0 Å². The Kier molecular flexibility index (Phi) is 5.30. The van der Waals surface area contributed by atoms with Crippen LogP contribution in [0.5, 0.6) is 0 Å². The summed E-state index contributed by atoms with van der Waals surface area (Å²) in [4.78, 5) is 35.8. The summed E-state index contributed by atoms with van der Waals surface area (Å²) in [5, 5.41) is 25.4. The van der Waals surface area contributed by atoms with Crippen LogP contribution in [0.4, 0.5) is 22.7 Å². The maximum Gasteiger partial charge on any atom is 0.299 e. The molecule has 0 aromatic heterocycles. The number of nitro benzene ring substituents is 2. The number of nitrogens with one attached hydrogen (secondary N) is 1. The normalized spacial score (nSPS) is 13.9. The van der Waals surface area contributed by atoms with E-state index >= 15 is 0 Å². The van der Waals surface area contributed by atoms with Gasteiger partial charge in [-0.3, -0.25) is 25.0 Å². The Morgan fingerprint density at radius 3 is 2.15 bits per heavy atom. The summed E-state index contributed by atoms with van der Waals surface area (Å²) in [6.45, 7) is 1.26. The van der Waals surface area contributed by atoms with Crippen molar-refractivity contribution in [3.8, 4) is 0 Å².